The number of fused-ring (bicyclic) bond motifs is 2. The monoisotopic (exact) mass is 473 g/mol. The Labute approximate surface area is 190 Å². The Hall–Kier alpha value is -3.43. The maximum atomic E-state index is 14.0. The zero-order chi connectivity index (χ0) is 23.2. The third kappa shape index (κ3) is 3.83. The number of rotatable bonds is 3. The molecular formula is C21H17F2N5O4S. The highest BCUT2D eigenvalue weighted by molar-refractivity contribution is 8.13. The van der Waals surface area contributed by atoms with Crippen LogP contribution in [0.25, 0.3) is 0 Å². The fourth-order valence-corrected chi connectivity index (χ4v) is 5.20. The molecule has 2 atom stereocenters. The first-order chi connectivity index (χ1) is 15.8. The number of pyridine rings is 1. The lowest BCUT2D eigenvalue weighted by Crippen LogP contribution is -2.47. The van der Waals surface area contributed by atoms with Crippen LogP contribution in [0.2, 0.25) is 0 Å². The largest absolute Gasteiger partial charge is 0.586 e. The molecule has 170 valence electrons. The van der Waals surface area contributed by atoms with Gasteiger partial charge in [-0.15, -0.1) is 8.78 Å². The van der Waals surface area contributed by atoms with Crippen LogP contribution in [0.3, 0.4) is 0 Å². The van der Waals surface area contributed by atoms with Crippen molar-refractivity contribution in [3.05, 3.63) is 47.3 Å². The van der Waals surface area contributed by atoms with Crippen LogP contribution in [0.5, 0.6) is 11.5 Å². The van der Waals surface area contributed by atoms with Crippen LogP contribution < -0.4 is 20.5 Å². The molecule has 2 aromatic rings. The third-order valence-corrected chi connectivity index (χ3v) is 6.66. The van der Waals surface area contributed by atoms with Gasteiger partial charge in [-0.25, -0.2) is 9.98 Å². The highest BCUT2D eigenvalue weighted by Gasteiger charge is 2.52. The quantitative estimate of drug-likeness (QED) is 0.696. The van der Waals surface area contributed by atoms with E-state index in [-0.39, 0.29) is 35.4 Å². The molecule has 0 saturated carbocycles. The summed E-state index contributed by atoms with van der Waals surface area (Å²) < 4.78 is 43.3. The van der Waals surface area contributed by atoms with Crippen molar-refractivity contribution in [1.29, 1.82) is 5.26 Å². The van der Waals surface area contributed by atoms with Crippen molar-refractivity contribution >= 4 is 28.5 Å². The van der Waals surface area contributed by atoms with E-state index in [9.17, 15) is 13.6 Å². The molecule has 3 aliphatic rings. The first-order valence-electron chi connectivity index (χ1n) is 9.97. The summed E-state index contributed by atoms with van der Waals surface area (Å²) >= 11 is 1.40. The maximum Gasteiger partial charge on any atom is 0.586 e. The number of carbonyl (C=O) groups is 1. The summed E-state index contributed by atoms with van der Waals surface area (Å²) in [6.07, 6.45) is -1.95. The summed E-state index contributed by atoms with van der Waals surface area (Å²) in [5.74, 6) is -0.389. The predicted octanol–water partition coefficient (Wildman–Crippen LogP) is 2.82. The number of alkyl halides is 2. The van der Waals surface area contributed by atoms with Crippen molar-refractivity contribution in [3.8, 4) is 17.6 Å². The lowest BCUT2D eigenvalue weighted by atomic mass is 9.76. The Morgan fingerprint density at radius 3 is 2.94 bits per heavy atom. The third-order valence-electron chi connectivity index (χ3n) is 5.70. The molecule has 3 N–H and O–H groups in total. The standard InChI is InChI=1S/C21H17F2N5O4S/c22-21(23)31-16-6-13(27-18(29)15-2-1-11(7-24)8-26-15)5-14(17(16)32-21)20-10-30-4-3-12(20)9-33-19(25)28-20/h1-2,5-6,8,12H,3-4,9-10H2,(H2,25,28)(H,27,29)/t12-,20?/m0/s1. The molecule has 3 aliphatic heterocycles. The molecule has 12 heteroatoms. The van der Waals surface area contributed by atoms with Gasteiger partial charge < -0.3 is 25.3 Å². The van der Waals surface area contributed by atoms with Crippen molar-refractivity contribution in [2.24, 2.45) is 16.6 Å². The number of nitrogens with one attached hydrogen (secondary N) is 1. The molecule has 1 aromatic carbocycles. The minimum atomic E-state index is -3.87. The van der Waals surface area contributed by atoms with E-state index in [0.29, 0.717) is 35.1 Å². The second kappa shape index (κ2) is 7.86. The summed E-state index contributed by atoms with van der Waals surface area (Å²) in [5, 5.41) is 11.9. The summed E-state index contributed by atoms with van der Waals surface area (Å²) in [4.78, 5) is 21.3. The molecule has 1 fully saturated rings. The molecule has 9 nitrogen and oxygen atoms in total. The van der Waals surface area contributed by atoms with Gasteiger partial charge in [-0.1, -0.05) is 11.8 Å². The first kappa shape index (κ1) is 21.4. The molecule has 0 aliphatic carbocycles. The molecule has 0 spiro atoms. The van der Waals surface area contributed by atoms with Crippen molar-refractivity contribution in [3.63, 3.8) is 0 Å². The smallest absolute Gasteiger partial charge is 0.395 e. The average Bonchev–Trinajstić information content (AvgIpc) is 3.11. The lowest BCUT2D eigenvalue weighted by Gasteiger charge is -2.44. The minimum Gasteiger partial charge on any atom is -0.395 e. The van der Waals surface area contributed by atoms with E-state index in [4.69, 9.17) is 25.2 Å². The summed E-state index contributed by atoms with van der Waals surface area (Å²) in [6, 6.07) is 7.54. The van der Waals surface area contributed by atoms with Gasteiger partial charge in [-0.3, -0.25) is 4.79 Å². The number of amides is 1. The van der Waals surface area contributed by atoms with Crippen LogP contribution in [-0.4, -0.2) is 41.3 Å². The number of thioether (sulfide) groups is 1. The van der Waals surface area contributed by atoms with Gasteiger partial charge in [0.2, 0.25) is 0 Å². The molecule has 0 bridgehead atoms. The molecule has 4 heterocycles. The number of anilines is 1. The fraction of sp³-hybridized carbons (Fsp3) is 0.333. The van der Waals surface area contributed by atoms with E-state index < -0.39 is 17.7 Å². The van der Waals surface area contributed by atoms with Crippen LogP contribution in [0, 0.1) is 17.2 Å². The van der Waals surface area contributed by atoms with E-state index in [2.05, 4.69) is 15.3 Å². The average molecular weight is 473 g/mol. The van der Waals surface area contributed by atoms with Crippen LogP contribution in [-0.2, 0) is 10.3 Å². The van der Waals surface area contributed by atoms with Gasteiger partial charge in [0.25, 0.3) is 5.91 Å². The van der Waals surface area contributed by atoms with E-state index in [1.54, 1.807) is 0 Å². The van der Waals surface area contributed by atoms with Crippen LogP contribution in [0.15, 0.2) is 35.5 Å². The number of hydrogen-bond donors (Lipinski definition) is 2. The van der Waals surface area contributed by atoms with Gasteiger partial charge in [0, 0.05) is 41.8 Å². The van der Waals surface area contributed by atoms with Crippen molar-refractivity contribution in [2.75, 3.05) is 24.3 Å². The number of aromatic nitrogens is 1. The van der Waals surface area contributed by atoms with Crippen molar-refractivity contribution in [1.82, 2.24) is 4.98 Å². The number of benzene rings is 1. The Balaban J connectivity index is 1.58. The number of ether oxygens (including phenoxy) is 3. The zero-order valence-corrected chi connectivity index (χ0v) is 17.8. The highest BCUT2D eigenvalue weighted by atomic mass is 32.2. The van der Waals surface area contributed by atoms with Gasteiger partial charge in [0.15, 0.2) is 16.7 Å². The van der Waals surface area contributed by atoms with E-state index >= 15 is 0 Å². The normalized spacial score (nSPS) is 24.9. The second-order valence-electron chi connectivity index (χ2n) is 7.74. The Morgan fingerprint density at radius 1 is 1.33 bits per heavy atom. The first-order valence-corrected chi connectivity index (χ1v) is 11.0. The van der Waals surface area contributed by atoms with Gasteiger partial charge in [0.05, 0.1) is 12.2 Å². The minimum absolute atomic E-state index is 0.0448. The van der Waals surface area contributed by atoms with Gasteiger partial charge in [0.1, 0.15) is 17.3 Å². The molecule has 0 radical (unpaired) electrons. The highest BCUT2D eigenvalue weighted by Crippen LogP contribution is 2.54. The van der Waals surface area contributed by atoms with Gasteiger partial charge in [-0.05, 0) is 24.6 Å². The van der Waals surface area contributed by atoms with Crippen molar-refractivity contribution in [2.45, 2.75) is 18.3 Å². The maximum absolute atomic E-state index is 14.0. The number of nitrogens with zero attached hydrogens (tertiary/aromatic N) is 3. The van der Waals surface area contributed by atoms with E-state index in [0.717, 1.165) is 0 Å². The fourth-order valence-electron chi connectivity index (χ4n) is 4.16. The van der Waals surface area contributed by atoms with Crippen LogP contribution in [0.1, 0.15) is 28.0 Å². The molecule has 1 saturated heterocycles. The van der Waals surface area contributed by atoms with Crippen LogP contribution in [0.4, 0.5) is 14.5 Å². The second-order valence-corrected chi connectivity index (χ2v) is 8.78. The number of halogens is 2. The van der Waals surface area contributed by atoms with E-state index in [1.807, 2.05) is 6.07 Å². The van der Waals surface area contributed by atoms with Gasteiger partial charge in [-0.2, -0.15) is 5.26 Å². The molecule has 1 amide bonds. The van der Waals surface area contributed by atoms with E-state index in [1.165, 1.54) is 42.2 Å². The SMILES string of the molecule is N#Cc1ccc(C(=O)Nc2cc3c(c(C45COCC[C@H]4CSC(N)=N5)c2)OC(F)(F)O3)nc1. The topological polar surface area (TPSA) is 132 Å². The Bertz CT molecular complexity index is 1200. The Morgan fingerprint density at radius 2 is 2.18 bits per heavy atom. The number of carbonyl (C=O) groups excluding carboxylic acids is 1. The molecule has 5 rings (SSSR count). The zero-order valence-electron chi connectivity index (χ0n) is 17.0. The molecule has 1 unspecified atom stereocenters. The predicted molar refractivity (Wildman–Crippen MR) is 114 cm³/mol. The number of hydrogen-bond acceptors (Lipinski definition) is 9. The molecular weight excluding hydrogens is 456 g/mol. The van der Waals surface area contributed by atoms with Crippen molar-refractivity contribution < 1.29 is 27.8 Å². The summed E-state index contributed by atoms with van der Waals surface area (Å²) in [6.45, 7) is 0.633. The lowest BCUT2D eigenvalue weighted by molar-refractivity contribution is -0.287. The number of aliphatic imine (C=N–C) groups is 1. The molecule has 1 aromatic heterocycles. The summed E-state index contributed by atoms with van der Waals surface area (Å²) in [7, 11) is 0. The van der Waals surface area contributed by atoms with Gasteiger partial charge >= 0.3 is 6.29 Å². The number of amidine groups is 1. The van der Waals surface area contributed by atoms with Crippen LogP contribution >= 0.6 is 11.8 Å². The Kier molecular flexibility index (Phi) is 5.10. The number of nitriles is 1. The summed E-state index contributed by atoms with van der Waals surface area (Å²) in [5.41, 5.74) is 5.79. The number of nitrogens with two attached hydrogens (primary N) is 1. The molecule has 33 heavy (non-hydrogen) atoms.